The molecule has 1 aliphatic rings. The summed E-state index contributed by atoms with van der Waals surface area (Å²) in [5.74, 6) is 0.206. The van der Waals surface area contributed by atoms with Gasteiger partial charge in [0, 0.05) is 30.0 Å². The number of nitrogens with two attached hydrogens (primary N) is 1. The first kappa shape index (κ1) is 13.6. The monoisotopic (exact) mass is 310 g/mol. The van der Waals surface area contributed by atoms with Crippen LogP contribution >= 0.6 is 15.9 Å². The molecule has 1 aliphatic heterocycles. The summed E-state index contributed by atoms with van der Waals surface area (Å²) in [7, 11) is 0. The van der Waals surface area contributed by atoms with Crippen molar-refractivity contribution in [1.29, 1.82) is 0 Å². The van der Waals surface area contributed by atoms with Crippen LogP contribution in [0, 0.1) is 0 Å². The minimum absolute atomic E-state index is 0.206. The molecular formula is C14H19BrN2O. The lowest BCUT2D eigenvalue weighted by Gasteiger charge is -2.24. The van der Waals surface area contributed by atoms with Gasteiger partial charge >= 0.3 is 0 Å². The molecule has 2 rings (SSSR count). The van der Waals surface area contributed by atoms with E-state index in [0.29, 0.717) is 19.0 Å². The Balaban J connectivity index is 1.99. The first-order valence-electron chi connectivity index (χ1n) is 6.44. The molecule has 0 spiro atoms. The maximum Gasteiger partial charge on any atom is 0.224 e. The van der Waals surface area contributed by atoms with Gasteiger partial charge in [-0.1, -0.05) is 28.1 Å². The second kappa shape index (κ2) is 6.34. The summed E-state index contributed by atoms with van der Waals surface area (Å²) >= 11 is 3.44. The number of benzene rings is 1. The second-order valence-corrected chi connectivity index (χ2v) is 5.67. The fourth-order valence-corrected chi connectivity index (χ4v) is 2.80. The molecule has 1 heterocycles. The maximum atomic E-state index is 11.9. The summed E-state index contributed by atoms with van der Waals surface area (Å²) < 4.78 is 1.09. The lowest BCUT2D eigenvalue weighted by Crippen LogP contribution is -2.37. The highest BCUT2D eigenvalue weighted by Crippen LogP contribution is 2.22. The predicted octanol–water partition coefficient (Wildman–Crippen LogP) is 2.33. The number of halogens is 1. The van der Waals surface area contributed by atoms with Crippen LogP contribution in [0.1, 0.15) is 24.8 Å². The summed E-state index contributed by atoms with van der Waals surface area (Å²) in [6.07, 6.45) is 3.63. The molecule has 2 N–H and O–H groups in total. The Hall–Kier alpha value is -0.870. The Bertz CT molecular complexity index is 405. The molecule has 1 aromatic rings. The number of carbonyl (C=O) groups is 1. The zero-order valence-corrected chi connectivity index (χ0v) is 12.0. The average molecular weight is 311 g/mol. The molecule has 0 aromatic heterocycles. The molecule has 4 heteroatoms. The fourth-order valence-electron chi connectivity index (χ4n) is 2.54. The minimum atomic E-state index is 0.206. The van der Waals surface area contributed by atoms with Gasteiger partial charge < -0.3 is 10.6 Å². The van der Waals surface area contributed by atoms with E-state index in [4.69, 9.17) is 5.73 Å². The predicted molar refractivity (Wildman–Crippen MR) is 76.3 cm³/mol. The van der Waals surface area contributed by atoms with Gasteiger partial charge in [-0.2, -0.15) is 0 Å². The number of likely N-dealkylation sites (tertiary alicyclic amines) is 1. The van der Waals surface area contributed by atoms with Gasteiger partial charge in [-0.05, 0) is 37.0 Å². The summed E-state index contributed by atoms with van der Waals surface area (Å²) in [6.45, 7) is 1.33. The highest BCUT2D eigenvalue weighted by molar-refractivity contribution is 9.10. The summed E-state index contributed by atoms with van der Waals surface area (Å²) in [5, 5.41) is 0. The quantitative estimate of drug-likeness (QED) is 0.928. The van der Waals surface area contributed by atoms with Crippen molar-refractivity contribution in [3.05, 3.63) is 34.3 Å². The molecule has 3 nitrogen and oxygen atoms in total. The van der Waals surface area contributed by atoms with Crippen molar-refractivity contribution in [3.63, 3.8) is 0 Å². The summed E-state index contributed by atoms with van der Waals surface area (Å²) in [6, 6.07) is 8.69. The second-order valence-electron chi connectivity index (χ2n) is 4.75. The van der Waals surface area contributed by atoms with Crippen molar-refractivity contribution >= 4 is 21.8 Å². The molecule has 1 amide bonds. The van der Waals surface area contributed by atoms with Crippen molar-refractivity contribution < 1.29 is 4.79 Å². The topological polar surface area (TPSA) is 46.3 Å². The standard InChI is InChI=1S/C14H19BrN2O/c15-12-5-3-11(4-6-12)10-13-2-1-9-17(13)14(18)7-8-16/h3-6,13H,1-2,7-10,16H2/t13-/m0/s1. The molecular weight excluding hydrogens is 292 g/mol. The summed E-state index contributed by atoms with van der Waals surface area (Å²) in [5.41, 5.74) is 6.75. The Morgan fingerprint density at radius 1 is 1.39 bits per heavy atom. The minimum Gasteiger partial charge on any atom is -0.339 e. The zero-order chi connectivity index (χ0) is 13.0. The third kappa shape index (κ3) is 3.33. The highest BCUT2D eigenvalue weighted by Gasteiger charge is 2.27. The molecule has 1 atom stereocenters. The van der Waals surface area contributed by atoms with Crippen LogP contribution < -0.4 is 5.73 Å². The zero-order valence-electron chi connectivity index (χ0n) is 10.4. The van der Waals surface area contributed by atoms with E-state index >= 15 is 0 Å². The van der Waals surface area contributed by atoms with Gasteiger partial charge in [0.2, 0.25) is 5.91 Å². The third-order valence-corrected chi connectivity index (χ3v) is 3.97. The molecule has 1 fully saturated rings. The van der Waals surface area contributed by atoms with Crippen LogP contribution in [-0.4, -0.2) is 29.9 Å². The molecule has 0 radical (unpaired) electrons. The van der Waals surface area contributed by atoms with Gasteiger partial charge in [0.25, 0.3) is 0 Å². The number of rotatable bonds is 4. The van der Waals surface area contributed by atoms with E-state index in [1.807, 2.05) is 4.90 Å². The van der Waals surface area contributed by atoms with Crippen molar-refractivity contribution in [1.82, 2.24) is 4.90 Å². The molecule has 0 aliphatic carbocycles. The van der Waals surface area contributed by atoms with E-state index in [1.54, 1.807) is 0 Å². The largest absolute Gasteiger partial charge is 0.339 e. The third-order valence-electron chi connectivity index (χ3n) is 3.44. The van der Waals surface area contributed by atoms with E-state index in [2.05, 4.69) is 40.2 Å². The van der Waals surface area contributed by atoms with E-state index in [9.17, 15) is 4.79 Å². The van der Waals surface area contributed by atoms with Crippen LogP contribution in [0.4, 0.5) is 0 Å². The summed E-state index contributed by atoms with van der Waals surface area (Å²) in [4.78, 5) is 13.9. The van der Waals surface area contributed by atoms with Crippen LogP contribution in [0.5, 0.6) is 0 Å². The lowest BCUT2D eigenvalue weighted by atomic mass is 10.0. The molecule has 98 valence electrons. The number of nitrogens with zero attached hydrogens (tertiary/aromatic N) is 1. The van der Waals surface area contributed by atoms with Crippen molar-refractivity contribution in [2.45, 2.75) is 31.7 Å². The van der Waals surface area contributed by atoms with Gasteiger partial charge in [0.05, 0.1) is 0 Å². The number of hydrogen-bond acceptors (Lipinski definition) is 2. The number of hydrogen-bond donors (Lipinski definition) is 1. The molecule has 18 heavy (non-hydrogen) atoms. The molecule has 1 saturated heterocycles. The van der Waals surface area contributed by atoms with Crippen molar-refractivity contribution in [3.8, 4) is 0 Å². The van der Waals surface area contributed by atoms with E-state index < -0.39 is 0 Å². The average Bonchev–Trinajstić information content (AvgIpc) is 2.81. The van der Waals surface area contributed by atoms with Crippen molar-refractivity contribution in [2.75, 3.05) is 13.1 Å². The number of amides is 1. The molecule has 0 bridgehead atoms. The number of carbonyl (C=O) groups excluding carboxylic acids is 1. The normalized spacial score (nSPS) is 19.2. The van der Waals surface area contributed by atoms with E-state index in [1.165, 1.54) is 5.56 Å². The van der Waals surface area contributed by atoms with Crippen LogP contribution in [0.3, 0.4) is 0 Å². The van der Waals surface area contributed by atoms with Crippen molar-refractivity contribution in [2.24, 2.45) is 5.73 Å². The van der Waals surface area contributed by atoms with Crippen LogP contribution in [0.15, 0.2) is 28.7 Å². The van der Waals surface area contributed by atoms with Gasteiger partial charge in [-0.15, -0.1) is 0 Å². The maximum absolute atomic E-state index is 11.9. The van der Waals surface area contributed by atoms with Gasteiger partial charge in [0.1, 0.15) is 0 Å². The highest BCUT2D eigenvalue weighted by atomic mass is 79.9. The fraction of sp³-hybridized carbons (Fsp3) is 0.500. The Morgan fingerprint density at radius 2 is 2.11 bits per heavy atom. The Kier molecular flexibility index (Phi) is 4.78. The van der Waals surface area contributed by atoms with Crippen LogP contribution in [-0.2, 0) is 11.2 Å². The lowest BCUT2D eigenvalue weighted by molar-refractivity contribution is -0.131. The molecule has 0 saturated carbocycles. The SMILES string of the molecule is NCCC(=O)N1CCC[C@H]1Cc1ccc(Br)cc1. The first-order chi connectivity index (χ1) is 8.70. The first-order valence-corrected chi connectivity index (χ1v) is 7.24. The van der Waals surface area contributed by atoms with Crippen LogP contribution in [0.2, 0.25) is 0 Å². The Labute approximate surface area is 116 Å². The smallest absolute Gasteiger partial charge is 0.224 e. The van der Waals surface area contributed by atoms with E-state index in [-0.39, 0.29) is 5.91 Å². The van der Waals surface area contributed by atoms with E-state index in [0.717, 1.165) is 30.3 Å². The van der Waals surface area contributed by atoms with Gasteiger partial charge in [-0.3, -0.25) is 4.79 Å². The Morgan fingerprint density at radius 3 is 2.78 bits per heavy atom. The molecule has 0 unspecified atom stereocenters. The van der Waals surface area contributed by atoms with Gasteiger partial charge in [0.15, 0.2) is 0 Å². The van der Waals surface area contributed by atoms with Crippen LogP contribution in [0.25, 0.3) is 0 Å². The van der Waals surface area contributed by atoms with Gasteiger partial charge in [-0.25, -0.2) is 0 Å². The molecule has 1 aromatic carbocycles.